The SMILES string of the molecule is CNC(=O)NC(=O)CSc1n[nH]c(-c2ccncc2)n1. The zero-order valence-corrected chi connectivity index (χ0v) is 11.4. The number of amides is 3. The molecule has 0 radical (unpaired) electrons. The van der Waals surface area contributed by atoms with Gasteiger partial charge in [-0.2, -0.15) is 0 Å². The van der Waals surface area contributed by atoms with Crippen LogP contribution in [0, 0.1) is 0 Å². The van der Waals surface area contributed by atoms with Gasteiger partial charge in [-0.3, -0.25) is 20.2 Å². The second-order valence-corrected chi connectivity index (χ2v) is 4.56. The summed E-state index contributed by atoms with van der Waals surface area (Å²) < 4.78 is 0. The van der Waals surface area contributed by atoms with Crippen molar-refractivity contribution in [3.8, 4) is 11.4 Å². The van der Waals surface area contributed by atoms with Crippen LogP contribution < -0.4 is 10.6 Å². The minimum absolute atomic E-state index is 0.0566. The van der Waals surface area contributed by atoms with Gasteiger partial charge in [-0.15, -0.1) is 5.10 Å². The minimum atomic E-state index is -0.539. The van der Waals surface area contributed by atoms with Crippen LogP contribution in [0.3, 0.4) is 0 Å². The van der Waals surface area contributed by atoms with Crippen molar-refractivity contribution in [1.29, 1.82) is 0 Å². The topological polar surface area (TPSA) is 113 Å². The summed E-state index contributed by atoms with van der Waals surface area (Å²) in [7, 11) is 1.44. The highest BCUT2D eigenvalue weighted by atomic mass is 32.2. The lowest BCUT2D eigenvalue weighted by Crippen LogP contribution is -2.38. The lowest BCUT2D eigenvalue weighted by Gasteiger charge is -2.00. The van der Waals surface area contributed by atoms with Gasteiger partial charge < -0.3 is 5.32 Å². The number of hydrogen-bond donors (Lipinski definition) is 3. The van der Waals surface area contributed by atoms with E-state index in [2.05, 4.69) is 30.8 Å². The number of nitrogens with one attached hydrogen (secondary N) is 3. The van der Waals surface area contributed by atoms with E-state index in [0.717, 1.165) is 17.3 Å². The van der Waals surface area contributed by atoms with E-state index in [1.165, 1.54) is 7.05 Å². The van der Waals surface area contributed by atoms with Crippen LogP contribution in [0.4, 0.5) is 4.79 Å². The van der Waals surface area contributed by atoms with Crippen molar-refractivity contribution < 1.29 is 9.59 Å². The third-order valence-corrected chi connectivity index (χ3v) is 3.08. The van der Waals surface area contributed by atoms with Gasteiger partial charge >= 0.3 is 6.03 Å². The highest BCUT2D eigenvalue weighted by molar-refractivity contribution is 7.99. The number of aromatic nitrogens is 4. The fraction of sp³-hybridized carbons (Fsp3) is 0.182. The highest BCUT2D eigenvalue weighted by Gasteiger charge is 2.10. The molecule has 2 aromatic heterocycles. The van der Waals surface area contributed by atoms with Crippen molar-refractivity contribution in [2.24, 2.45) is 0 Å². The first-order valence-electron chi connectivity index (χ1n) is 5.66. The third-order valence-electron chi connectivity index (χ3n) is 2.23. The smallest absolute Gasteiger partial charge is 0.321 e. The summed E-state index contributed by atoms with van der Waals surface area (Å²) >= 11 is 1.14. The summed E-state index contributed by atoms with van der Waals surface area (Å²) in [5.41, 5.74) is 0.856. The standard InChI is InChI=1S/C11H12N6O2S/c1-12-10(19)14-8(18)6-20-11-15-9(16-17-11)7-2-4-13-5-3-7/h2-5H,6H2,1H3,(H,15,16,17)(H2,12,14,18,19). The molecule has 0 unspecified atom stereocenters. The zero-order chi connectivity index (χ0) is 14.4. The van der Waals surface area contributed by atoms with E-state index in [1.54, 1.807) is 24.5 Å². The summed E-state index contributed by atoms with van der Waals surface area (Å²) in [6.45, 7) is 0. The molecule has 3 amide bonds. The highest BCUT2D eigenvalue weighted by Crippen LogP contribution is 2.17. The molecule has 0 aliphatic heterocycles. The van der Waals surface area contributed by atoms with Crippen LogP contribution in [0.25, 0.3) is 11.4 Å². The maximum Gasteiger partial charge on any atom is 0.321 e. The molecular weight excluding hydrogens is 280 g/mol. The van der Waals surface area contributed by atoms with E-state index in [0.29, 0.717) is 11.0 Å². The second kappa shape index (κ2) is 6.66. The molecule has 0 saturated carbocycles. The summed E-state index contributed by atoms with van der Waals surface area (Å²) in [4.78, 5) is 30.5. The summed E-state index contributed by atoms with van der Waals surface area (Å²) in [5, 5.41) is 11.7. The van der Waals surface area contributed by atoms with Gasteiger partial charge in [0.2, 0.25) is 11.1 Å². The number of thioether (sulfide) groups is 1. The molecule has 0 aliphatic carbocycles. The van der Waals surface area contributed by atoms with E-state index >= 15 is 0 Å². The molecule has 0 aromatic carbocycles. The first-order valence-corrected chi connectivity index (χ1v) is 6.65. The Morgan fingerprint density at radius 3 is 2.80 bits per heavy atom. The lowest BCUT2D eigenvalue weighted by atomic mass is 10.3. The van der Waals surface area contributed by atoms with Gasteiger partial charge in [0.25, 0.3) is 0 Å². The molecule has 20 heavy (non-hydrogen) atoms. The molecule has 0 atom stereocenters. The molecule has 9 heteroatoms. The van der Waals surface area contributed by atoms with Crippen LogP contribution in [-0.4, -0.2) is 44.9 Å². The van der Waals surface area contributed by atoms with E-state index in [-0.39, 0.29) is 5.75 Å². The van der Waals surface area contributed by atoms with Crippen molar-refractivity contribution in [2.75, 3.05) is 12.8 Å². The maximum atomic E-state index is 11.4. The minimum Gasteiger partial charge on any atom is -0.341 e. The molecule has 2 aromatic rings. The van der Waals surface area contributed by atoms with Crippen LogP contribution in [0.15, 0.2) is 29.7 Å². The zero-order valence-electron chi connectivity index (χ0n) is 10.6. The number of aromatic amines is 1. The Morgan fingerprint density at radius 2 is 2.10 bits per heavy atom. The molecule has 0 saturated heterocycles. The van der Waals surface area contributed by atoms with Crippen molar-refractivity contribution >= 4 is 23.7 Å². The molecular formula is C11H12N6O2S. The first-order chi connectivity index (χ1) is 9.69. The number of nitrogens with zero attached hydrogens (tertiary/aromatic N) is 3. The summed E-state index contributed by atoms with van der Waals surface area (Å²) in [6, 6.07) is 3.06. The van der Waals surface area contributed by atoms with Gasteiger partial charge in [-0.1, -0.05) is 11.8 Å². The molecule has 0 bridgehead atoms. The molecule has 0 aliphatic rings. The van der Waals surface area contributed by atoms with Gasteiger partial charge in [0.15, 0.2) is 5.82 Å². The average Bonchev–Trinajstić information content (AvgIpc) is 2.95. The number of carbonyl (C=O) groups excluding carboxylic acids is 2. The van der Waals surface area contributed by atoms with Crippen molar-refractivity contribution in [3.05, 3.63) is 24.5 Å². The Morgan fingerprint density at radius 1 is 1.35 bits per heavy atom. The first kappa shape index (κ1) is 14.0. The number of hydrogen-bond acceptors (Lipinski definition) is 6. The lowest BCUT2D eigenvalue weighted by molar-refractivity contribution is -0.117. The van der Waals surface area contributed by atoms with Crippen molar-refractivity contribution in [3.63, 3.8) is 0 Å². The summed E-state index contributed by atoms with van der Waals surface area (Å²) in [5.74, 6) is 0.243. The van der Waals surface area contributed by atoms with Gasteiger partial charge in [-0.05, 0) is 12.1 Å². The monoisotopic (exact) mass is 292 g/mol. The number of imide groups is 1. The number of urea groups is 1. The number of H-pyrrole nitrogens is 1. The molecule has 2 rings (SSSR count). The average molecular weight is 292 g/mol. The summed E-state index contributed by atoms with van der Waals surface area (Å²) in [6.07, 6.45) is 3.31. The second-order valence-electron chi connectivity index (χ2n) is 3.62. The quantitative estimate of drug-likeness (QED) is 0.704. The normalized spacial score (nSPS) is 10.1. The largest absolute Gasteiger partial charge is 0.341 e. The van der Waals surface area contributed by atoms with Crippen molar-refractivity contribution in [2.45, 2.75) is 5.16 Å². The van der Waals surface area contributed by atoms with Crippen LogP contribution in [0.5, 0.6) is 0 Å². The fourth-order valence-corrected chi connectivity index (χ4v) is 1.90. The molecule has 0 fully saturated rings. The van der Waals surface area contributed by atoms with Gasteiger partial charge in [-0.25, -0.2) is 9.78 Å². The van der Waals surface area contributed by atoms with Gasteiger partial charge in [0, 0.05) is 25.0 Å². The Hall–Kier alpha value is -2.42. The predicted molar refractivity (Wildman–Crippen MR) is 72.9 cm³/mol. The predicted octanol–water partition coefficient (Wildman–Crippen LogP) is 0.414. The number of rotatable bonds is 4. The molecule has 3 N–H and O–H groups in total. The van der Waals surface area contributed by atoms with Crippen LogP contribution in [0.1, 0.15) is 0 Å². The van der Waals surface area contributed by atoms with E-state index in [1.807, 2.05) is 0 Å². The third kappa shape index (κ3) is 3.79. The van der Waals surface area contributed by atoms with Crippen LogP contribution in [-0.2, 0) is 4.79 Å². The Balaban J connectivity index is 1.91. The van der Waals surface area contributed by atoms with Crippen LogP contribution in [0.2, 0.25) is 0 Å². The van der Waals surface area contributed by atoms with E-state index in [9.17, 15) is 9.59 Å². The number of carbonyl (C=O) groups is 2. The van der Waals surface area contributed by atoms with E-state index in [4.69, 9.17) is 0 Å². The Kier molecular flexibility index (Phi) is 4.66. The van der Waals surface area contributed by atoms with Gasteiger partial charge in [0.05, 0.1) is 5.75 Å². The molecule has 0 spiro atoms. The maximum absolute atomic E-state index is 11.4. The Labute approximate surface area is 118 Å². The van der Waals surface area contributed by atoms with Crippen molar-refractivity contribution in [1.82, 2.24) is 30.8 Å². The number of pyridine rings is 1. The van der Waals surface area contributed by atoms with Crippen LogP contribution >= 0.6 is 11.8 Å². The van der Waals surface area contributed by atoms with E-state index < -0.39 is 11.9 Å². The molecule has 2 heterocycles. The fourth-order valence-electron chi connectivity index (χ4n) is 1.31. The molecule has 104 valence electrons. The Bertz CT molecular complexity index is 600. The van der Waals surface area contributed by atoms with Gasteiger partial charge in [0.1, 0.15) is 0 Å². The molecule has 8 nitrogen and oxygen atoms in total.